The third kappa shape index (κ3) is 6.29. The van der Waals surface area contributed by atoms with Crippen molar-refractivity contribution >= 4 is 40.5 Å². The van der Waals surface area contributed by atoms with Gasteiger partial charge in [0.2, 0.25) is 5.91 Å². The molecule has 0 radical (unpaired) electrons. The third-order valence-corrected chi connectivity index (χ3v) is 3.60. The lowest BCUT2D eigenvalue weighted by molar-refractivity contribution is -0.121. The fraction of sp³-hybridized carbons (Fsp3) is 0.429. The lowest BCUT2D eigenvalue weighted by Gasteiger charge is -2.20. The van der Waals surface area contributed by atoms with E-state index in [-0.39, 0.29) is 12.5 Å². The number of thiocarbonyl (C=S) groups is 1. The van der Waals surface area contributed by atoms with E-state index in [4.69, 9.17) is 28.6 Å². The summed E-state index contributed by atoms with van der Waals surface area (Å²) in [6, 6.07) is 5.60. The minimum Gasteiger partial charge on any atom is -0.383 e. The second-order valence-corrected chi connectivity index (χ2v) is 5.39. The third-order valence-electron chi connectivity index (χ3n) is 2.78. The van der Waals surface area contributed by atoms with Crippen LogP contribution in [0.1, 0.15) is 5.56 Å². The number of nitrogens with one attached hydrogen (secondary N) is 2. The highest BCUT2D eigenvalue weighted by Crippen LogP contribution is 2.20. The number of hydrogen-bond acceptors (Lipinski definition) is 3. The molecule has 5 nitrogen and oxygen atoms in total. The van der Waals surface area contributed by atoms with E-state index in [1.807, 2.05) is 19.1 Å². The molecule has 1 rings (SSSR count). The minimum absolute atomic E-state index is 0.111. The summed E-state index contributed by atoms with van der Waals surface area (Å²) in [5.41, 5.74) is 1.79. The van der Waals surface area contributed by atoms with Crippen LogP contribution in [0.5, 0.6) is 0 Å². The minimum atomic E-state index is -0.111. The molecule has 1 aromatic carbocycles. The Hall–Kier alpha value is -1.37. The first-order valence-electron chi connectivity index (χ1n) is 6.48. The zero-order valence-electron chi connectivity index (χ0n) is 12.4. The van der Waals surface area contributed by atoms with Crippen molar-refractivity contribution in [3.05, 3.63) is 28.8 Å². The van der Waals surface area contributed by atoms with Crippen molar-refractivity contribution < 1.29 is 9.53 Å². The summed E-state index contributed by atoms with van der Waals surface area (Å²) in [6.07, 6.45) is 0. The van der Waals surface area contributed by atoms with Gasteiger partial charge in [0.05, 0.1) is 13.2 Å². The first kappa shape index (κ1) is 17.7. The van der Waals surface area contributed by atoms with E-state index < -0.39 is 0 Å². The standard InChI is InChI=1S/C14H20ClN3O2S/c1-10-4-5-11(8-12(10)15)17-14(21)18(2)9-13(19)16-6-7-20-3/h4-5,8H,6-7,9H2,1-3H3,(H,16,19)(H,17,21). The molecule has 1 aromatic rings. The number of anilines is 1. The number of methoxy groups -OCH3 is 1. The predicted molar refractivity (Wildman–Crippen MR) is 89.9 cm³/mol. The molecule has 0 fully saturated rings. The number of likely N-dealkylation sites (N-methyl/N-ethyl adjacent to an activating group) is 1. The molecule has 0 heterocycles. The Morgan fingerprint density at radius 1 is 1.48 bits per heavy atom. The molecule has 21 heavy (non-hydrogen) atoms. The van der Waals surface area contributed by atoms with Crippen molar-refractivity contribution in [3.63, 3.8) is 0 Å². The van der Waals surface area contributed by atoms with Gasteiger partial charge < -0.3 is 20.3 Å². The number of rotatable bonds is 6. The Kier molecular flexibility index (Phi) is 7.42. The highest BCUT2D eigenvalue weighted by Gasteiger charge is 2.10. The van der Waals surface area contributed by atoms with Gasteiger partial charge in [-0.15, -0.1) is 0 Å². The molecule has 1 amide bonds. The molecule has 0 unspecified atom stereocenters. The Bertz CT molecular complexity index is 511. The zero-order valence-corrected chi connectivity index (χ0v) is 14.0. The molecule has 116 valence electrons. The number of ether oxygens (including phenoxy) is 1. The van der Waals surface area contributed by atoms with Gasteiger partial charge in [-0.2, -0.15) is 0 Å². The highest BCUT2D eigenvalue weighted by molar-refractivity contribution is 7.80. The molecular formula is C14H20ClN3O2S. The lowest BCUT2D eigenvalue weighted by atomic mass is 10.2. The van der Waals surface area contributed by atoms with Crippen molar-refractivity contribution in [2.45, 2.75) is 6.92 Å². The molecule has 0 aromatic heterocycles. The van der Waals surface area contributed by atoms with Crippen LogP contribution in [0, 0.1) is 6.92 Å². The van der Waals surface area contributed by atoms with E-state index in [2.05, 4.69) is 10.6 Å². The molecule has 0 aliphatic carbocycles. The molecule has 0 aliphatic rings. The van der Waals surface area contributed by atoms with Gasteiger partial charge in [-0.05, 0) is 36.8 Å². The summed E-state index contributed by atoms with van der Waals surface area (Å²) in [6.45, 7) is 3.08. The molecule has 7 heteroatoms. The van der Waals surface area contributed by atoms with E-state index in [0.717, 1.165) is 11.3 Å². The number of halogens is 1. The van der Waals surface area contributed by atoms with E-state index in [1.165, 1.54) is 0 Å². The number of benzene rings is 1. The van der Waals surface area contributed by atoms with Crippen molar-refractivity contribution in [1.82, 2.24) is 10.2 Å². The normalized spacial score (nSPS) is 10.1. The van der Waals surface area contributed by atoms with Gasteiger partial charge in [0.15, 0.2) is 5.11 Å². The summed E-state index contributed by atoms with van der Waals surface area (Å²) < 4.78 is 4.87. The zero-order chi connectivity index (χ0) is 15.8. The average molecular weight is 330 g/mol. The topological polar surface area (TPSA) is 53.6 Å². The van der Waals surface area contributed by atoms with Gasteiger partial charge >= 0.3 is 0 Å². The second kappa shape index (κ2) is 8.81. The van der Waals surface area contributed by atoms with Crippen molar-refractivity contribution in [3.8, 4) is 0 Å². The van der Waals surface area contributed by atoms with Crippen LogP contribution in [0.2, 0.25) is 5.02 Å². The Balaban J connectivity index is 2.46. The largest absolute Gasteiger partial charge is 0.383 e. The van der Waals surface area contributed by atoms with Crippen LogP contribution in [-0.4, -0.2) is 49.8 Å². The molecule has 0 aliphatic heterocycles. The molecule has 0 atom stereocenters. The molecular weight excluding hydrogens is 310 g/mol. The van der Waals surface area contributed by atoms with Crippen LogP contribution < -0.4 is 10.6 Å². The predicted octanol–water partition coefficient (Wildman–Crippen LogP) is 2.04. The van der Waals surface area contributed by atoms with Crippen LogP contribution >= 0.6 is 23.8 Å². The summed E-state index contributed by atoms with van der Waals surface area (Å²) in [4.78, 5) is 13.3. The SMILES string of the molecule is COCCNC(=O)CN(C)C(=S)Nc1ccc(C)c(Cl)c1. The van der Waals surface area contributed by atoms with Gasteiger partial charge in [0.25, 0.3) is 0 Å². The maximum atomic E-state index is 11.7. The first-order valence-corrected chi connectivity index (χ1v) is 7.26. The van der Waals surface area contributed by atoms with E-state index >= 15 is 0 Å². The fourth-order valence-electron chi connectivity index (χ4n) is 1.53. The first-order chi connectivity index (χ1) is 9.93. The number of amides is 1. The second-order valence-electron chi connectivity index (χ2n) is 4.59. The molecule has 0 saturated heterocycles. The van der Waals surface area contributed by atoms with Crippen LogP contribution in [0.15, 0.2) is 18.2 Å². The Labute approximate surface area is 135 Å². The van der Waals surface area contributed by atoms with Crippen LogP contribution in [0.25, 0.3) is 0 Å². The van der Waals surface area contributed by atoms with Crippen molar-refractivity contribution in [2.24, 2.45) is 0 Å². The Morgan fingerprint density at radius 3 is 2.81 bits per heavy atom. The number of aryl methyl sites for hydroxylation is 1. The lowest BCUT2D eigenvalue weighted by Crippen LogP contribution is -2.41. The van der Waals surface area contributed by atoms with E-state index in [1.54, 1.807) is 25.1 Å². The monoisotopic (exact) mass is 329 g/mol. The van der Waals surface area contributed by atoms with Crippen molar-refractivity contribution in [2.75, 3.05) is 39.2 Å². The molecule has 2 N–H and O–H groups in total. The van der Waals surface area contributed by atoms with E-state index in [0.29, 0.717) is 23.3 Å². The maximum absolute atomic E-state index is 11.7. The van der Waals surface area contributed by atoms with E-state index in [9.17, 15) is 4.79 Å². The Morgan fingerprint density at radius 2 is 2.19 bits per heavy atom. The van der Waals surface area contributed by atoms with Gasteiger partial charge in [0, 0.05) is 31.4 Å². The maximum Gasteiger partial charge on any atom is 0.239 e. The smallest absolute Gasteiger partial charge is 0.239 e. The summed E-state index contributed by atoms with van der Waals surface area (Å²) >= 11 is 11.3. The molecule has 0 saturated carbocycles. The summed E-state index contributed by atoms with van der Waals surface area (Å²) in [5, 5.41) is 6.91. The van der Waals surface area contributed by atoms with Crippen molar-refractivity contribution in [1.29, 1.82) is 0 Å². The summed E-state index contributed by atoms with van der Waals surface area (Å²) in [7, 11) is 3.34. The highest BCUT2D eigenvalue weighted by atomic mass is 35.5. The van der Waals surface area contributed by atoms with Crippen LogP contribution in [0.3, 0.4) is 0 Å². The van der Waals surface area contributed by atoms with Crippen LogP contribution in [0.4, 0.5) is 5.69 Å². The number of carbonyl (C=O) groups is 1. The number of hydrogen-bond donors (Lipinski definition) is 2. The van der Waals surface area contributed by atoms with Gasteiger partial charge in [0.1, 0.15) is 0 Å². The van der Waals surface area contributed by atoms with Gasteiger partial charge in [-0.3, -0.25) is 4.79 Å². The van der Waals surface area contributed by atoms with Gasteiger partial charge in [-0.1, -0.05) is 17.7 Å². The van der Waals surface area contributed by atoms with Crippen LogP contribution in [-0.2, 0) is 9.53 Å². The van der Waals surface area contributed by atoms with Gasteiger partial charge in [-0.25, -0.2) is 0 Å². The average Bonchev–Trinajstić information content (AvgIpc) is 2.43. The molecule has 0 bridgehead atoms. The number of nitrogens with zero attached hydrogens (tertiary/aromatic N) is 1. The summed E-state index contributed by atoms with van der Waals surface area (Å²) in [5.74, 6) is -0.111. The fourth-order valence-corrected chi connectivity index (χ4v) is 1.89. The quantitative estimate of drug-likeness (QED) is 0.618. The number of carbonyl (C=O) groups excluding carboxylic acids is 1. The molecule has 0 spiro atoms.